The summed E-state index contributed by atoms with van der Waals surface area (Å²) in [5, 5.41) is 2.46. The second-order valence-electron chi connectivity index (χ2n) is 15.4. The van der Waals surface area contributed by atoms with Crippen LogP contribution in [0.4, 0.5) is 34.1 Å². The molecular weight excluding hydrogens is 771 g/mol. The molecule has 2 heterocycles. The van der Waals surface area contributed by atoms with Gasteiger partial charge >= 0.3 is 0 Å². The molecule has 9 aromatic carbocycles. The predicted octanol–water partition coefficient (Wildman–Crippen LogP) is 16.8. The molecule has 4 heteroatoms. The van der Waals surface area contributed by atoms with Gasteiger partial charge in [-0.15, -0.1) is 11.3 Å². The molecule has 0 N–H and O–H groups in total. The van der Waals surface area contributed by atoms with Crippen LogP contribution in [0.15, 0.2) is 249 Å². The molecule has 11 rings (SSSR count). The summed E-state index contributed by atoms with van der Waals surface area (Å²) in [6, 6.07) is 89.3. The lowest BCUT2D eigenvalue weighted by Gasteiger charge is -2.26. The van der Waals surface area contributed by atoms with Gasteiger partial charge < -0.3 is 14.4 Å². The summed E-state index contributed by atoms with van der Waals surface area (Å²) >= 11 is 1.83. The van der Waals surface area contributed by atoms with Crippen LogP contribution in [0.2, 0.25) is 0 Å². The van der Waals surface area contributed by atoms with E-state index < -0.39 is 0 Å². The van der Waals surface area contributed by atoms with Gasteiger partial charge in [-0.25, -0.2) is 0 Å². The molecule has 0 saturated carbocycles. The van der Waals surface area contributed by atoms with E-state index in [-0.39, 0.29) is 0 Å². The Balaban J connectivity index is 0.900. The van der Waals surface area contributed by atoms with Crippen LogP contribution in [0.3, 0.4) is 0 Å². The van der Waals surface area contributed by atoms with Gasteiger partial charge in [-0.1, -0.05) is 140 Å². The predicted molar refractivity (Wildman–Crippen MR) is 264 cm³/mol. The number of rotatable bonds is 10. The first-order valence-electron chi connectivity index (χ1n) is 21.0. The third-order valence-electron chi connectivity index (χ3n) is 11.6. The highest BCUT2D eigenvalue weighted by Crippen LogP contribution is 2.42. The lowest BCUT2D eigenvalue weighted by atomic mass is 10.0. The van der Waals surface area contributed by atoms with Crippen LogP contribution < -0.4 is 9.80 Å². The summed E-state index contributed by atoms with van der Waals surface area (Å²) in [4.78, 5) is 7.22. The molecule has 0 aliphatic carbocycles. The van der Waals surface area contributed by atoms with Gasteiger partial charge in [0.2, 0.25) is 0 Å². The molecular formula is C58H41N3S. The zero-order chi connectivity index (χ0) is 41.2. The van der Waals surface area contributed by atoms with Crippen molar-refractivity contribution in [1.29, 1.82) is 0 Å². The zero-order valence-corrected chi connectivity index (χ0v) is 34.7. The van der Waals surface area contributed by atoms with Crippen LogP contribution in [-0.4, -0.2) is 4.57 Å². The molecule has 0 amide bonds. The summed E-state index contributed by atoms with van der Waals surface area (Å²) in [6.07, 6.45) is 0. The minimum Gasteiger partial charge on any atom is -0.311 e. The van der Waals surface area contributed by atoms with Gasteiger partial charge in [-0.05, 0) is 131 Å². The fourth-order valence-electron chi connectivity index (χ4n) is 8.64. The maximum Gasteiger partial charge on any atom is 0.0542 e. The van der Waals surface area contributed by atoms with Crippen LogP contribution in [0.25, 0.3) is 59.5 Å². The van der Waals surface area contributed by atoms with E-state index in [2.05, 4.69) is 263 Å². The molecule has 11 aromatic rings. The Kier molecular flexibility index (Phi) is 9.74. The van der Waals surface area contributed by atoms with E-state index in [4.69, 9.17) is 0 Å². The molecule has 62 heavy (non-hydrogen) atoms. The van der Waals surface area contributed by atoms with E-state index in [0.717, 1.165) is 50.9 Å². The van der Waals surface area contributed by atoms with Crippen molar-refractivity contribution in [2.75, 3.05) is 9.80 Å². The highest BCUT2D eigenvalue weighted by molar-refractivity contribution is 7.18. The summed E-state index contributed by atoms with van der Waals surface area (Å²) in [6.45, 7) is 0. The fourth-order valence-corrected chi connectivity index (χ4v) is 9.65. The molecule has 0 aliphatic heterocycles. The second-order valence-corrected chi connectivity index (χ2v) is 16.5. The maximum absolute atomic E-state index is 2.36. The number of benzene rings is 9. The number of anilines is 6. The third kappa shape index (κ3) is 7.02. The summed E-state index contributed by atoms with van der Waals surface area (Å²) < 4.78 is 2.36. The van der Waals surface area contributed by atoms with Crippen molar-refractivity contribution >= 4 is 67.3 Å². The topological polar surface area (TPSA) is 11.4 Å². The second kappa shape index (κ2) is 16.3. The van der Waals surface area contributed by atoms with Crippen LogP contribution in [-0.2, 0) is 0 Å². The first kappa shape index (κ1) is 37.1. The molecule has 2 aromatic heterocycles. The van der Waals surface area contributed by atoms with E-state index >= 15 is 0 Å². The minimum absolute atomic E-state index is 1.10. The van der Waals surface area contributed by atoms with Gasteiger partial charge in [-0.2, -0.15) is 0 Å². The smallest absolute Gasteiger partial charge is 0.0542 e. The van der Waals surface area contributed by atoms with Crippen molar-refractivity contribution in [2.45, 2.75) is 0 Å². The highest BCUT2D eigenvalue weighted by Gasteiger charge is 2.18. The number of para-hydroxylation sites is 4. The van der Waals surface area contributed by atoms with Crippen LogP contribution in [0.5, 0.6) is 0 Å². The summed E-state index contributed by atoms with van der Waals surface area (Å²) in [5.74, 6) is 0. The van der Waals surface area contributed by atoms with Crippen molar-refractivity contribution in [3.05, 3.63) is 249 Å². The van der Waals surface area contributed by atoms with E-state index in [0.29, 0.717) is 0 Å². The van der Waals surface area contributed by atoms with Gasteiger partial charge in [0, 0.05) is 60.3 Å². The van der Waals surface area contributed by atoms with Crippen molar-refractivity contribution in [3.63, 3.8) is 0 Å². The average Bonchev–Trinajstić information content (AvgIpc) is 3.98. The number of hydrogen-bond donors (Lipinski definition) is 0. The Morgan fingerprint density at radius 2 is 0.661 bits per heavy atom. The number of thiophene rings is 1. The fraction of sp³-hybridized carbons (Fsp3) is 0. The molecule has 0 saturated heterocycles. The number of aromatic nitrogens is 1. The van der Waals surface area contributed by atoms with Crippen molar-refractivity contribution in [3.8, 4) is 37.7 Å². The van der Waals surface area contributed by atoms with Gasteiger partial charge in [-0.3, -0.25) is 0 Å². The molecule has 0 fully saturated rings. The van der Waals surface area contributed by atoms with Gasteiger partial charge in [0.15, 0.2) is 0 Å². The monoisotopic (exact) mass is 811 g/mol. The molecule has 0 atom stereocenters. The molecule has 0 unspecified atom stereocenters. The Bertz CT molecular complexity index is 3250. The van der Waals surface area contributed by atoms with E-state index in [9.17, 15) is 0 Å². The molecule has 0 aliphatic rings. The lowest BCUT2D eigenvalue weighted by molar-refractivity contribution is 1.18. The molecule has 0 radical (unpaired) electrons. The standard InChI is InChI=1S/C58H41N3S/c1-5-15-44(16-6-1)57-39-40-58(62-57)45-29-35-50(36-30-45)59(46-17-7-2-8-18-46)49-31-25-42(26-32-49)43-27-33-51(34-28-43)60(47-19-9-3-10-20-47)52-37-38-56-54(41-52)53-23-13-14-24-55(53)61(56)48-21-11-4-12-22-48/h1-41H. The Hall–Kier alpha value is -7.92. The number of fused-ring (bicyclic) bond motifs is 3. The SMILES string of the molecule is c1ccc(-c2ccc(-c3ccc(N(c4ccccc4)c4ccc(-c5ccc(N(c6ccccc6)c6ccc7c(c6)c6ccccc6n7-c6ccccc6)cc5)cc4)cc3)s2)cc1. The van der Waals surface area contributed by atoms with E-state index in [1.165, 1.54) is 42.7 Å². The average molecular weight is 812 g/mol. The van der Waals surface area contributed by atoms with Gasteiger partial charge in [0.25, 0.3) is 0 Å². The summed E-state index contributed by atoms with van der Waals surface area (Å²) in [7, 11) is 0. The van der Waals surface area contributed by atoms with Gasteiger partial charge in [0.05, 0.1) is 11.0 Å². The van der Waals surface area contributed by atoms with E-state index in [1.807, 2.05) is 11.3 Å². The van der Waals surface area contributed by atoms with Crippen LogP contribution >= 0.6 is 11.3 Å². The maximum atomic E-state index is 2.36. The Labute approximate surface area is 366 Å². The Morgan fingerprint density at radius 3 is 1.21 bits per heavy atom. The van der Waals surface area contributed by atoms with Crippen molar-refractivity contribution in [2.24, 2.45) is 0 Å². The minimum atomic E-state index is 1.10. The van der Waals surface area contributed by atoms with Crippen molar-refractivity contribution < 1.29 is 0 Å². The largest absolute Gasteiger partial charge is 0.311 e. The molecule has 0 spiro atoms. The first-order valence-corrected chi connectivity index (χ1v) is 21.8. The molecule has 3 nitrogen and oxygen atoms in total. The van der Waals surface area contributed by atoms with Gasteiger partial charge in [0.1, 0.15) is 0 Å². The van der Waals surface area contributed by atoms with Crippen molar-refractivity contribution in [1.82, 2.24) is 4.57 Å². The summed E-state index contributed by atoms with van der Waals surface area (Å²) in [5.41, 5.74) is 15.0. The lowest BCUT2D eigenvalue weighted by Crippen LogP contribution is -2.10. The first-order chi connectivity index (χ1) is 30.7. The number of nitrogens with zero attached hydrogens (tertiary/aromatic N) is 3. The molecule has 294 valence electrons. The Morgan fingerprint density at radius 1 is 0.274 bits per heavy atom. The quantitative estimate of drug-likeness (QED) is 0.136. The zero-order valence-electron chi connectivity index (χ0n) is 33.9. The molecule has 0 bridgehead atoms. The number of hydrogen-bond acceptors (Lipinski definition) is 3. The van der Waals surface area contributed by atoms with Crippen LogP contribution in [0.1, 0.15) is 0 Å². The highest BCUT2D eigenvalue weighted by atomic mass is 32.1. The van der Waals surface area contributed by atoms with E-state index in [1.54, 1.807) is 0 Å². The normalized spacial score (nSPS) is 11.2. The van der Waals surface area contributed by atoms with Crippen LogP contribution in [0, 0.1) is 0 Å². The third-order valence-corrected chi connectivity index (χ3v) is 12.8.